The molecule has 0 aliphatic carbocycles. The molecule has 0 aromatic carbocycles. The first-order valence-corrected chi connectivity index (χ1v) is 11.0. The Morgan fingerprint density at radius 1 is 1.00 bits per heavy atom. The van der Waals surface area contributed by atoms with Crippen LogP contribution in [0, 0.1) is 0 Å². The van der Waals surface area contributed by atoms with Gasteiger partial charge in [-0.2, -0.15) is 0 Å². The van der Waals surface area contributed by atoms with Gasteiger partial charge in [-0.25, -0.2) is 0 Å². The third kappa shape index (κ3) is 17.2. The number of hydrogen-bond acceptors (Lipinski definition) is 3. The summed E-state index contributed by atoms with van der Waals surface area (Å²) in [5.74, 6) is -0.954. The molecule has 0 bridgehead atoms. The van der Waals surface area contributed by atoms with Gasteiger partial charge in [0, 0.05) is 10.7 Å². The summed E-state index contributed by atoms with van der Waals surface area (Å²) < 4.78 is 5.20. The van der Waals surface area contributed by atoms with E-state index in [1.807, 2.05) is 20.8 Å². The van der Waals surface area contributed by atoms with Gasteiger partial charge in [0.05, 0.1) is 0 Å². The second-order valence-corrected chi connectivity index (χ2v) is 9.27. The molecule has 0 rings (SSSR count). The van der Waals surface area contributed by atoms with Gasteiger partial charge in [0.1, 0.15) is 15.3 Å². The van der Waals surface area contributed by atoms with E-state index in [1.54, 1.807) is 0 Å². The summed E-state index contributed by atoms with van der Waals surface area (Å²) in [5, 5.41) is 10.1. The molecule has 2 unspecified atom stereocenters. The zero-order valence-corrected chi connectivity index (χ0v) is 19.4. The van der Waals surface area contributed by atoms with Crippen molar-refractivity contribution in [1.29, 1.82) is 0 Å². The van der Waals surface area contributed by atoms with Crippen molar-refractivity contribution in [3.63, 3.8) is 0 Å². The lowest BCUT2D eigenvalue weighted by Gasteiger charge is -2.21. The lowest BCUT2D eigenvalue weighted by Crippen LogP contribution is -2.29. The van der Waals surface area contributed by atoms with Gasteiger partial charge in [0.25, 0.3) is 0 Å². The predicted octanol–water partition coefficient (Wildman–Crippen LogP) is 5.28. The molecule has 0 saturated carbocycles. The van der Waals surface area contributed by atoms with Crippen LogP contribution in [0.5, 0.6) is 0 Å². The van der Waals surface area contributed by atoms with Crippen LogP contribution in [-0.2, 0) is 14.3 Å². The van der Waals surface area contributed by atoms with Gasteiger partial charge in [0.15, 0.2) is 0 Å². The van der Waals surface area contributed by atoms with Crippen molar-refractivity contribution in [1.82, 2.24) is 0 Å². The summed E-state index contributed by atoms with van der Waals surface area (Å²) in [6, 6.07) is 0. The molecule has 0 fully saturated rings. The fourth-order valence-electron chi connectivity index (χ4n) is 1.12. The van der Waals surface area contributed by atoms with E-state index in [0.717, 1.165) is 29.9 Å². The number of carbonyl (C=O) groups is 2. The number of rotatable bonds is 8. The van der Waals surface area contributed by atoms with Crippen LogP contribution in [0.4, 0.5) is 0 Å². The zero-order chi connectivity index (χ0) is 17.8. The summed E-state index contributed by atoms with van der Waals surface area (Å²) in [4.78, 5) is 21.0. The average molecular weight is 576 g/mol. The van der Waals surface area contributed by atoms with Crippen molar-refractivity contribution in [3.05, 3.63) is 0 Å². The second-order valence-electron chi connectivity index (χ2n) is 5.47. The van der Waals surface area contributed by atoms with Crippen LogP contribution in [0.2, 0.25) is 0 Å². The first-order valence-electron chi connectivity index (χ1n) is 6.90. The van der Waals surface area contributed by atoms with Crippen LogP contribution in [0.15, 0.2) is 0 Å². The quantitative estimate of drug-likeness (QED) is 0.316. The van der Waals surface area contributed by atoms with E-state index in [-0.39, 0.29) is 15.6 Å². The van der Waals surface area contributed by atoms with Crippen LogP contribution in [0.25, 0.3) is 0 Å². The molecule has 0 saturated heterocycles. The molecule has 132 valence electrons. The Bertz CT molecular complexity index is 318. The lowest BCUT2D eigenvalue weighted by molar-refractivity contribution is -0.154. The standard InChI is InChI=1S/C9H16Br2O2.C5H8Br2O2/c1-9(2,3)13-8(12)7(11)5-4-6-10;6-3-1-2-4(7)5(8)9/h7H,4-6H2,1-3H3;4H,1-3H2,(H,8,9). The third-order valence-electron chi connectivity index (χ3n) is 2.11. The summed E-state index contributed by atoms with van der Waals surface area (Å²) >= 11 is 12.9. The Labute approximate surface area is 166 Å². The van der Waals surface area contributed by atoms with E-state index < -0.39 is 11.6 Å². The van der Waals surface area contributed by atoms with Gasteiger partial charge in [-0.3, -0.25) is 9.59 Å². The minimum atomic E-state index is -0.782. The first-order chi connectivity index (χ1) is 10.0. The number of aliphatic carboxylic acids is 1. The molecule has 4 nitrogen and oxygen atoms in total. The van der Waals surface area contributed by atoms with E-state index in [2.05, 4.69) is 63.7 Å². The molecular formula is C14H24Br4O4. The van der Waals surface area contributed by atoms with E-state index in [0.29, 0.717) is 6.42 Å². The molecular weight excluding hydrogens is 552 g/mol. The number of carbonyl (C=O) groups excluding carboxylic acids is 1. The Morgan fingerprint density at radius 3 is 1.73 bits per heavy atom. The van der Waals surface area contributed by atoms with Gasteiger partial charge in [0.2, 0.25) is 0 Å². The van der Waals surface area contributed by atoms with Gasteiger partial charge in [-0.05, 0) is 46.5 Å². The van der Waals surface area contributed by atoms with Crippen molar-refractivity contribution < 1.29 is 19.4 Å². The maximum atomic E-state index is 11.4. The van der Waals surface area contributed by atoms with Crippen molar-refractivity contribution in [2.45, 2.75) is 61.7 Å². The van der Waals surface area contributed by atoms with E-state index in [4.69, 9.17) is 9.84 Å². The monoisotopic (exact) mass is 572 g/mol. The molecule has 0 aromatic heterocycles. The SMILES string of the molecule is CC(C)(C)OC(=O)C(Br)CCCBr.O=C(O)C(Br)CCCBr. The summed E-state index contributed by atoms with van der Waals surface area (Å²) in [7, 11) is 0. The Hall–Kier alpha value is 0.860. The highest BCUT2D eigenvalue weighted by Gasteiger charge is 2.22. The Balaban J connectivity index is 0. The molecule has 0 aliphatic heterocycles. The molecule has 0 radical (unpaired) electrons. The van der Waals surface area contributed by atoms with Crippen LogP contribution < -0.4 is 0 Å². The smallest absolute Gasteiger partial charge is 0.320 e. The van der Waals surface area contributed by atoms with Crippen LogP contribution in [0.3, 0.4) is 0 Å². The third-order valence-corrected chi connectivity index (χ3v) is 4.92. The van der Waals surface area contributed by atoms with Crippen LogP contribution in [-0.4, -0.2) is 43.0 Å². The number of carboxylic acid groups (broad SMARTS) is 1. The lowest BCUT2D eigenvalue weighted by atomic mass is 10.2. The van der Waals surface area contributed by atoms with E-state index in [9.17, 15) is 9.59 Å². The molecule has 0 aromatic rings. The first kappa shape index (κ1) is 25.1. The van der Waals surface area contributed by atoms with Gasteiger partial charge < -0.3 is 9.84 Å². The van der Waals surface area contributed by atoms with Gasteiger partial charge in [-0.15, -0.1) is 0 Å². The number of ether oxygens (including phenoxy) is 1. The van der Waals surface area contributed by atoms with Crippen molar-refractivity contribution in [2.75, 3.05) is 10.7 Å². The molecule has 0 aliphatic rings. The minimum Gasteiger partial charge on any atom is -0.480 e. The summed E-state index contributed by atoms with van der Waals surface area (Å²) in [5.41, 5.74) is -0.391. The molecule has 1 N–H and O–H groups in total. The number of halogens is 4. The fourth-order valence-corrected chi connectivity index (χ4v) is 2.51. The topological polar surface area (TPSA) is 63.6 Å². The van der Waals surface area contributed by atoms with Crippen molar-refractivity contribution in [3.8, 4) is 0 Å². The van der Waals surface area contributed by atoms with Crippen molar-refractivity contribution in [2.24, 2.45) is 0 Å². The average Bonchev–Trinajstić information content (AvgIpc) is 2.40. The van der Waals surface area contributed by atoms with Crippen LogP contribution >= 0.6 is 63.7 Å². The van der Waals surface area contributed by atoms with Crippen LogP contribution in [0.1, 0.15) is 46.5 Å². The molecule has 0 amide bonds. The minimum absolute atomic E-state index is 0.173. The number of esters is 1. The van der Waals surface area contributed by atoms with Gasteiger partial charge >= 0.3 is 11.9 Å². The molecule has 0 heterocycles. The number of alkyl halides is 4. The highest BCUT2D eigenvalue weighted by atomic mass is 79.9. The van der Waals surface area contributed by atoms with Gasteiger partial charge in [-0.1, -0.05) is 63.7 Å². The molecule has 22 heavy (non-hydrogen) atoms. The largest absolute Gasteiger partial charge is 0.480 e. The number of hydrogen-bond donors (Lipinski definition) is 1. The van der Waals surface area contributed by atoms with E-state index in [1.165, 1.54) is 0 Å². The summed E-state index contributed by atoms with van der Waals surface area (Å²) in [6.45, 7) is 5.61. The molecule has 8 heteroatoms. The Kier molecular flexibility index (Phi) is 16.2. The summed E-state index contributed by atoms with van der Waals surface area (Å²) in [6.07, 6.45) is 3.35. The van der Waals surface area contributed by atoms with E-state index >= 15 is 0 Å². The number of carboxylic acids is 1. The fraction of sp³-hybridized carbons (Fsp3) is 0.857. The zero-order valence-electron chi connectivity index (χ0n) is 13.1. The molecule has 0 spiro atoms. The highest BCUT2D eigenvalue weighted by molar-refractivity contribution is 9.10. The predicted molar refractivity (Wildman–Crippen MR) is 105 cm³/mol. The molecule has 2 atom stereocenters. The maximum Gasteiger partial charge on any atom is 0.320 e. The normalized spacial score (nSPS) is 13.6. The second kappa shape index (κ2) is 14.2. The highest BCUT2D eigenvalue weighted by Crippen LogP contribution is 2.16. The van der Waals surface area contributed by atoms with Crippen molar-refractivity contribution >= 4 is 75.7 Å². The maximum absolute atomic E-state index is 11.4. The Morgan fingerprint density at radius 2 is 1.41 bits per heavy atom.